The molecule has 0 aromatic carbocycles. The number of halogens is 17. The lowest BCUT2D eigenvalue weighted by atomic mass is 9.93. The molecule has 0 amide bonds. The second kappa shape index (κ2) is 17.1. The molecule has 5 aromatic rings. The van der Waals surface area contributed by atoms with Crippen molar-refractivity contribution in [1.82, 2.24) is 39.8 Å². The van der Waals surface area contributed by atoms with Crippen molar-refractivity contribution in [1.29, 1.82) is 0 Å². The maximum atomic E-state index is 16.6. The summed E-state index contributed by atoms with van der Waals surface area (Å²) in [5, 5.41) is 6.37. The van der Waals surface area contributed by atoms with E-state index in [1.165, 1.54) is 32.2 Å². The van der Waals surface area contributed by atoms with Gasteiger partial charge in [0.1, 0.15) is 26.8 Å². The number of nitrogens with zero attached hydrogens (tertiary/aromatic N) is 9. The summed E-state index contributed by atoms with van der Waals surface area (Å²) in [4.78, 5) is 12.7. The Bertz CT molecular complexity index is 2500. The van der Waals surface area contributed by atoms with Crippen molar-refractivity contribution in [3.63, 3.8) is 0 Å². The zero-order valence-electron chi connectivity index (χ0n) is 30.6. The Balaban J connectivity index is 1.71. The van der Waals surface area contributed by atoms with Crippen molar-refractivity contribution in [2.24, 2.45) is 0 Å². The Kier molecular flexibility index (Phi) is 13.2. The van der Waals surface area contributed by atoms with Gasteiger partial charge in [0.15, 0.2) is 11.4 Å². The van der Waals surface area contributed by atoms with Crippen LogP contribution in [0.3, 0.4) is 0 Å². The average molecular weight is 992 g/mol. The minimum Gasteiger partial charge on any atom is -0.253 e. The smallest absolute Gasteiger partial charge is 0.253 e. The Morgan fingerprint density at radius 2 is 1.46 bits per heavy atom. The molecule has 1 unspecified atom stereocenters. The summed E-state index contributed by atoms with van der Waals surface area (Å²) in [6.07, 6.45) is -16.6. The molecule has 0 bridgehead atoms. The summed E-state index contributed by atoms with van der Waals surface area (Å²) < 4.78 is 163. The molecule has 1 aliphatic rings. The fourth-order valence-corrected chi connectivity index (χ4v) is 7.72. The molecule has 0 spiro atoms. The first-order valence-electron chi connectivity index (χ1n) is 17.3. The van der Waals surface area contributed by atoms with E-state index in [1.807, 2.05) is 0 Å². The molecule has 26 heteroatoms. The van der Waals surface area contributed by atoms with Crippen LogP contribution in [0.25, 0.3) is 17.0 Å². The van der Waals surface area contributed by atoms with Crippen molar-refractivity contribution in [3.05, 3.63) is 113 Å². The summed E-state index contributed by atoms with van der Waals surface area (Å²) in [5.74, 6) is -5.99. The minimum absolute atomic E-state index is 0.0219. The molecule has 1 atom stereocenters. The number of allylic oxidation sites excluding steroid dienone is 1. The lowest BCUT2D eigenvalue weighted by Gasteiger charge is -2.28. The highest BCUT2D eigenvalue weighted by Crippen LogP contribution is 2.52. The van der Waals surface area contributed by atoms with Crippen molar-refractivity contribution in [3.8, 4) is 11.4 Å². The second-order valence-electron chi connectivity index (χ2n) is 13.2. The van der Waals surface area contributed by atoms with Gasteiger partial charge in [-0.1, -0.05) is 83.5 Å². The van der Waals surface area contributed by atoms with Gasteiger partial charge in [0.05, 0.1) is 49.7 Å². The quantitative estimate of drug-likeness (QED) is 0.0745. The Morgan fingerprint density at radius 1 is 0.787 bits per heavy atom. The molecule has 6 heterocycles. The van der Waals surface area contributed by atoms with Crippen LogP contribution < -0.4 is 10.2 Å². The Morgan fingerprint density at radius 3 is 2.07 bits per heavy atom. The van der Waals surface area contributed by atoms with E-state index in [4.69, 9.17) is 69.6 Å². The Hall–Kier alpha value is -3.66. The third kappa shape index (κ3) is 9.22. The maximum Gasteiger partial charge on any atom is 0.460 e. The molecule has 0 saturated carbocycles. The molecule has 1 aliphatic heterocycles. The molecule has 5 aromatic heterocycles. The molecule has 0 saturated heterocycles. The van der Waals surface area contributed by atoms with Crippen LogP contribution in [-0.4, -0.2) is 59.0 Å². The lowest BCUT2D eigenvalue weighted by Crippen LogP contribution is -2.60. The molecule has 9 nitrogen and oxygen atoms in total. The van der Waals surface area contributed by atoms with E-state index in [-0.39, 0.29) is 59.8 Å². The van der Waals surface area contributed by atoms with Gasteiger partial charge in [0.25, 0.3) is 0 Å². The van der Waals surface area contributed by atoms with Gasteiger partial charge < -0.3 is 0 Å². The number of aromatic nitrogens is 7. The predicted octanol–water partition coefficient (Wildman–Crippen LogP) is 12.2. The SMILES string of the molecule is CCc1cc(C(F)(F)F)nn1N1C(C(F)(F)C(F)(F)F)=C(c2cc(Cl)nc(-c3nccc(Cl)c3Cl)c2Cl)C(CC)[N+]1n1cc(CCc2cc(Cl)cnc2Cl)c(CC(F)(F)F)n1. The molecular weight excluding hydrogens is 968 g/mol. The zero-order valence-corrected chi connectivity index (χ0v) is 35.1. The summed E-state index contributed by atoms with van der Waals surface area (Å²) >= 11 is 37.9. The summed E-state index contributed by atoms with van der Waals surface area (Å²) in [6.45, 7) is 2.55. The third-order valence-electron chi connectivity index (χ3n) is 9.16. The molecule has 327 valence electrons. The van der Waals surface area contributed by atoms with Crippen LogP contribution in [0.5, 0.6) is 0 Å². The largest absolute Gasteiger partial charge is 0.460 e. The summed E-state index contributed by atoms with van der Waals surface area (Å²) in [6, 6.07) is 1.99. The standard InChI is InChI=1S/C35H24Cl6F11N9/c1-3-18-10-23(34(47,48)49)57-59(18)61-30(33(45,46)35(50,51)52)25(19-11-24(38)55-29(26(19)39)28-27(40)20(37)7-8-53-28)22(4-2)60(61)58-14-16(21(56-58)12-32(42,43)44)6-5-15-9-17(36)13-54-31(15)41/h7-11,13-14,22H,3-6,12H2,1-2H3/q+1. The normalized spacial score (nSPS) is 15.8. The van der Waals surface area contributed by atoms with Crippen LogP contribution in [0.15, 0.2) is 48.6 Å². The number of hydrogen-bond acceptors (Lipinski definition) is 7. The van der Waals surface area contributed by atoms with Crippen molar-refractivity contribution in [2.45, 2.75) is 76.4 Å². The van der Waals surface area contributed by atoms with E-state index in [9.17, 15) is 39.5 Å². The zero-order chi connectivity index (χ0) is 45.1. The van der Waals surface area contributed by atoms with Crippen LogP contribution in [0.2, 0.25) is 30.4 Å². The van der Waals surface area contributed by atoms with Crippen molar-refractivity contribution >= 4 is 75.2 Å². The topological polar surface area (TPSA) is 83.5 Å². The highest BCUT2D eigenvalue weighted by Gasteiger charge is 2.70. The first kappa shape index (κ1) is 46.8. The van der Waals surface area contributed by atoms with E-state index in [2.05, 4.69) is 25.1 Å². The van der Waals surface area contributed by atoms with Gasteiger partial charge in [-0.05, 0) is 59.0 Å². The average Bonchev–Trinajstić information content (AvgIpc) is 3.86. The van der Waals surface area contributed by atoms with E-state index in [1.54, 1.807) is 0 Å². The van der Waals surface area contributed by atoms with Gasteiger partial charge in [0, 0.05) is 29.9 Å². The van der Waals surface area contributed by atoms with Crippen LogP contribution in [0.1, 0.15) is 54.0 Å². The first-order chi connectivity index (χ1) is 28.3. The van der Waals surface area contributed by atoms with Gasteiger partial charge in [-0.2, -0.15) is 48.3 Å². The van der Waals surface area contributed by atoms with Gasteiger partial charge in [-0.3, -0.25) is 4.98 Å². The number of alkyl halides is 11. The maximum absolute atomic E-state index is 16.6. The Labute approximate surface area is 367 Å². The highest BCUT2D eigenvalue weighted by atomic mass is 35.5. The molecule has 0 fully saturated rings. The lowest BCUT2D eigenvalue weighted by molar-refractivity contribution is -0.265. The second-order valence-corrected chi connectivity index (χ2v) is 15.5. The number of rotatable bonds is 11. The van der Waals surface area contributed by atoms with Gasteiger partial charge in [0.2, 0.25) is 6.04 Å². The first-order valence-corrected chi connectivity index (χ1v) is 19.6. The molecule has 61 heavy (non-hydrogen) atoms. The van der Waals surface area contributed by atoms with E-state index < -0.39 is 99.5 Å². The summed E-state index contributed by atoms with van der Waals surface area (Å²) in [5.41, 5.74) is -7.48. The van der Waals surface area contributed by atoms with Gasteiger partial charge in [-0.15, -0.1) is 15.0 Å². The predicted molar refractivity (Wildman–Crippen MR) is 206 cm³/mol. The fourth-order valence-electron chi connectivity index (χ4n) is 6.52. The number of hydrogen-bond donors (Lipinski definition) is 0. The molecule has 1 radical (unpaired) electrons. The molecule has 6 rings (SSSR count). The number of hydrazine groups is 1. The van der Waals surface area contributed by atoms with Crippen LogP contribution in [0.4, 0.5) is 48.3 Å². The fraction of sp³-hybridized carbons (Fsp3) is 0.343. The highest BCUT2D eigenvalue weighted by molar-refractivity contribution is 6.44. The molecule has 0 N–H and O–H groups in total. The van der Waals surface area contributed by atoms with Crippen molar-refractivity contribution < 1.29 is 48.3 Å². The minimum atomic E-state index is -6.49. The van der Waals surface area contributed by atoms with E-state index in [0.717, 1.165) is 18.5 Å². The van der Waals surface area contributed by atoms with E-state index >= 15 is 8.78 Å². The van der Waals surface area contributed by atoms with E-state index in [0.29, 0.717) is 16.0 Å². The third-order valence-corrected chi connectivity index (χ3v) is 11.1. The number of pyridine rings is 3. The van der Waals surface area contributed by atoms with Crippen LogP contribution in [-0.2, 0) is 31.9 Å². The number of aryl methyl sites for hydroxylation is 3. The van der Waals surface area contributed by atoms with Gasteiger partial charge >= 0.3 is 24.5 Å². The van der Waals surface area contributed by atoms with Crippen LogP contribution >= 0.6 is 69.6 Å². The summed E-state index contributed by atoms with van der Waals surface area (Å²) in [7, 11) is 0. The van der Waals surface area contributed by atoms with Crippen LogP contribution in [0, 0.1) is 0 Å². The molecular formula is C35H24Cl6F11N9+. The van der Waals surface area contributed by atoms with Gasteiger partial charge in [-0.25, -0.2) is 9.97 Å². The monoisotopic (exact) mass is 989 g/mol. The van der Waals surface area contributed by atoms with Crippen molar-refractivity contribution in [2.75, 3.05) is 5.12 Å². The molecule has 0 aliphatic carbocycles.